The van der Waals surface area contributed by atoms with E-state index in [0.717, 1.165) is 33.1 Å². The van der Waals surface area contributed by atoms with Crippen LogP contribution in [0.5, 0.6) is 5.88 Å². The van der Waals surface area contributed by atoms with E-state index in [1.807, 2.05) is 25.2 Å². The van der Waals surface area contributed by atoms with Gasteiger partial charge in [0.1, 0.15) is 5.82 Å². The van der Waals surface area contributed by atoms with Gasteiger partial charge >= 0.3 is 0 Å². The summed E-state index contributed by atoms with van der Waals surface area (Å²) < 4.78 is 12.7. The molecule has 5 rings (SSSR count). The quantitative estimate of drug-likeness (QED) is 0.544. The van der Waals surface area contributed by atoms with Gasteiger partial charge in [0.25, 0.3) is 5.91 Å². The minimum atomic E-state index is -0.244. The summed E-state index contributed by atoms with van der Waals surface area (Å²) in [6.07, 6.45) is 1.69. The van der Waals surface area contributed by atoms with Crippen LogP contribution >= 0.6 is 0 Å². The Bertz CT molecular complexity index is 1330. The second-order valence-electron chi connectivity index (χ2n) is 7.60. The molecule has 158 valence electrons. The van der Waals surface area contributed by atoms with Crippen molar-refractivity contribution in [2.75, 3.05) is 26.5 Å². The van der Waals surface area contributed by atoms with Crippen LogP contribution in [-0.2, 0) is 18.4 Å². The number of rotatable bonds is 3. The average Bonchev–Trinajstić information content (AvgIpc) is 3.19. The van der Waals surface area contributed by atoms with Gasteiger partial charge in [-0.25, -0.2) is 9.97 Å². The van der Waals surface area contributed by atoms with E-state index in [1.165, 1.54) is 0 Å². The second kappa shape index (κ2) is 7.21. The Morgan fingerprint density at radius 1 is 1.26 bits per heavy atom. The number of likely N-dealkylation sites (N-methyl/N-ethyl adjacent to an activating group) is 1. The van der Waals surface area contributed by atoms with Gasteiger partial charge in [-0.05, 0) is 24.3 Å². The number of pyridine rings is 2. The maximum Gasteiger partial charge on any atom is 0.254 e. The monoisotopic (exact) mass is 418 g/mol. The summed E-state index contributed by atoms with van der Waals surface area (Å²) in [7, 11) is 5.20. The fourth-order valence-electron chi connectivity index (χ4n) is 4.14. The Kier molecular flexibility index (Phi) is 4.48. The van der Waals surface area contributed by atoms with Crippen molar-refractivity contribution in [3.63, 3.8) is 0 Å². The van der Waals surface area contributed by atoms with Gasteiger partial charge in [-0.3, -0.25) is 9.48 Å². The number of amides is 1. The smallest absolute Gasteiger partial charge is 0.254 e. The van der Waals surface area contributed by atoms with Crippen molar-refractivity contribution in [2.45, 2.75) is 12.6 Å². The van der Waals surface area contributed by atoms with Crippen molar-refractivity contribution in [1.29, 1.82) is 0 Å². The highest BCUT2D eigenvalue weighted by Gasteiger charge is 2.29. The van der Waals surface area contributed by atoms with Gasteiger partial charge in [0.15, 0.2) is 0 Å². The van der Waals surface area contributed by atoms with Gasteiger partial charge in [-0.1, -0.05) is 0 Å². The molecule has 4 aromatic rings. The molecule has 0 spiro atoms. The van der Waals surface area contributed by atoms with Crippen molar-refractivity contribution in [3.8, 4) is 5.88 Å². The predicted octanol–water partition coefficient (Wildman–Crippen LogP) is 2.45. The SMILES string of the molecule is COc1ccc2c(n1)COC[C@H]2N(C)C(=O)c1ccc2nc(N)c3cnn(C)c3c2c1. The molecule has 0 radical (unpaired) electrons. The number of hydrogen-bond acceptors (Lipinski definition) is 7. The molecular formula is C22H22N6O3. The van der Waals surface area contributed by atoms with Gasteiger partial charge < -0.3 is 20.1 Å². The number of carbonyl (C=O) groups excluding carboxylic acids is 1. The van der Waals surface area contributed by atoms with Gasteiger partial charge in [-0.2, -0.15) is 5.10 Å². The van der Waals surface area contributed by atoms with Crippen molar-refractivity contribution in [2.24, 2.45) is 7.05 Å². The summed E-state index contributed by atoms with van der Waals surface area (Å²) in [5.41, 5.74) is 9.95. The summed E-state index contributed by atoms with van der Waals surface area (Å²) in [6, 6.07) is 8.95. The van der Waals surface area contributed by atoms with E-state index in [0.29, 0.717) is 30.5 Å². The maximum absolute atomic E-state index is 13.4. The van der Waals surface area contributed by atoms with Crippen molar-refractivity contribution < 1.29 is 14.3 Å². The summed E-state index contributed by atoms with van der Waals surface area (Å²) in [5, 5.41) is 5.89. The number of nitrogens with two attached hydrogens (primary N) is 1. The van der Waals surface area contributed by atoms with Crippen LogP contribution in [0.4, 0.5) is 5.82 Å². The lowest BCUT2D eigenvalue weighted by Gasteiger charge is -2.32. The molecule has 0 bridgehead atoms. The van der Waals surface area contributed by atoms with E-state index in [-0.39, 0.29) is 11.9 Å². The fourth-order valence-corrected chi connectivity index (χ4v) is 4.14. The lowest BCUT2D eigenvalue weighted by Crippen LogP contribution is -2.36. The minimum Gasteiger partial charge on any atom is -0.481 e. The molecule has 0 fully saturated rings. The highest BCUT2D eigenvalue weighted by atomic mass is 16.5. The van der Waals surface area contributed by atoms with E-state index in [4.69, 9.17) is 15.2 Å². The molecule has 1 aromatic carbocycles. The number of hydrogen-bond donors (Lipinski definition) is 1. The molecule has 9 heteroatoms. The molecule has 0 aliphatic carbocycles. The first kappa shape index (κ1) is 19.3. The lowest BCUT2D eigenvalue weighted by atomic mass is 10.0. The molecule has 3 aromatic heterocycles. The third-order valence-corrected chi connectivity index (χ3v) is 5.81. The molecular weight excluding hydrogens is 396 g/mol. The Balaban J connectivity index is 1.54. The molecule has 1 aliphatic heterocycles. The number of fused-ring (bicyclic) bond motifs is 4. The number of aryl methyl sites for hydroxylation is 1. The fraction of sp³-hybridized carbons (Fsp3) is 0.273. The van der Waals surface area contributed by atoms with Crippen molar-refractivity contribution >= 4 is 33.5 Å². The van der Waals surface area contributed by atoms with E-state index in [2.05, 4.69) is 15.1 Å². The summed E-state index contributed by atoms with van der Waals surface area (Å²) in [4.78, 5) is 24.0. The van der Waals surface area contributed by atoms with E-state index in [1.54, 1.807) is 42.1 Å². The van der Waals surface area contributed by atoms with E-state index in [9.17, 15) is 4.79 Å². The highest BCUT2D eigenvalue weighted by Crippen LogP contribution is 2.32. The average molecular weight is 418 g/mol. The molecule has 31 heavy (non-hydrogen) atoms. The van der Waals surface area contributed by atoms with Crippen LogP contribution in [0.3, 0.4) is 0 Å². The zero-order valence-electron chi connectivity index (χ0n) is 17.5. The number of nitrogens with zero attached hydrogens (tertiary/aromatic N) is 5. The largest absolute Gasteiger partial charge is 0.481 e. The molecule has 1 aliphatic rings. The molecule has 1 atom stereocenters. The van der Waals surface area contributed by atoms with Gasteiger partial charge in [-0.15, -0.1) is 0 Å². The number of carbonyl (C=O) groups is 1. The van der Waals surface area contributed by atoms with Crippen LogP contribution in [-0.4, -0.2) is 51.3 Å². The molecule has 2 N–H and O–H groups in total. The first-order valence-corrected chi connectivity index (χ1v) is 9.87. The third-order valence-electron chi connectivity index (χ3n) is 5.81. The van der Waals surface area contributed by atoms with Crippen LogP contribution in [0.1, 0.15) is 27.7 Å². The summed E-state index contributed by atoms with van der Waals surface area (Å²) in [6.45, 7) is 0.799. The number of ether oxygens (including phenoxy) is 2. The molecule has 0 unspecified atom stereocenters. The van der Waals surface area contributed by atoms with Crippen LogP contribution in [0.2, 0.25) is 0 Å². The van der Waals surface area contributed by atoms with Crippen LogP contribution in [0, 0.1) is 0 Å². The molecule has 1 amide bonds. The zero-order valence-corrected chi connectivity index (χ0v) is 17.5. The number of anilines is 1. The summed E-state index contributed by atoms with van der Waals surface area (Å²) in [5.74, 6) is 0.829. The Hall–Kier alpha value is -3.72. The number of benzene rings is 1. The van der Waals surface area contributed by atoms with E-state index >= 15 is 0 Å². The normalized spacial score (nSPS) is 15.8. The molecule has 9 nitrogen and oxygen atoms in total. The van der Waals surface area contributed by atoms with E-state index < -0.39 is 0 Å². The van der Waals surface area contributed by atoms with Crippen molar-refractivity contribution in [1.82, 2.24) is 24.6 Å². The minimum absolute atomic E-state index is 0.119. The lowest BCUT2D eigenvalue weighted by molar-refractivity contribution is 0.0328. The maximum atomic E-state index is 13.4. The first-order valence-electron chi connectivity index (χ1n) is 9.87. The van der Waals surface area contributed by atoms with Gasteiger partial charge in [0.2, 0.25) is 5.88 Å². The Labute approximate surface area is 178 Å². The predicted molar refractivity (Wildman–Crippen MR) is 116 cm³/mol. The topological polar surface area (TPSA) is 108 Å². The second-order valence-corrected chi connectivity index (χ2v) is 7.60. The van der Waals surface area contributed by atoms with Gasteiger partial charge in [0, 0.05) is 36.7 Å². The number of methoxy groups -OCH3 is 1. The molecule has 0 saturated carbocycles. The standard InChI is InChI=1S/C22H22N6O3/c1-27(18-11-31-10-17-13(18)5-7-19(25-17)30-3)22(29)12-4-6-16-14(8-12)20-15(21(23)26-16)9-24-28(20)2/h4-9,18H,10-11H2,1-3H3,(H2,23,26)/t18-/m1/s1. The molecule has 0 saturated heterocycles. The molecule has 4 heterocycles. The number of aromatic nitrogens is 4. The van der Waals surface area contributed by atoms with Crippen molar-refractivity contribution in [3.05, 3.63) is 53.3 Å². The van der Waals surface area contributed by atoms with Crippen LogP contribution < -0.4 is 10.5 Å². The van der Waals surface area contributed by atoms with Crippen LogP contribution in [0.25, 0.3) is 21.8 Å². The highest BCUT2D eigenvalue weighted by molar-refractivity contribution is 6.10. The van der Waals surface area contributed by atoms with Crippen LogP contribution in [0.15, 0.2) is 36.5 Å². The zero-order chi connectivity index (χ0) is 21.7. The Morgan fingerprint density at radius 2 is 2.10 bits per heavy atom. The first-order chi connectivity index (χ1) is 15.0. The summed E-state index contributed by atoms with van der Waals surface area (Å²) >= 11 is 0. The Morgan fingerprint density at radius 3 is 2.90 bits per heavy atom. The number of nitrogen functional groups attached to an aromatic ring is 1. The van der Waals surface area contributed by atoms with Gasteiger partial charge in [0.05, 0.1) is 54.7 Å². The third kappa shape index (κ3) is 3.05.